The zero-order valence-electron chi connectivity index (χ0n) is 13.5. The summed E-state index contributed by atoms with van der Waals surface area (Å²) in [6.07, 6.45) is -0.315. The van der Waals surface area contributed by atoms with E-state index in [1.807, 2.05) is 20.8 Å². The van der Waals surface area contributed by atoms with Crippen LogP contribution in [0.15, 0.2) is 24.3 Å². The number of likely N-dealkylation sites (tertiary alicyclic amines) is 1. The molecule has 3 amide bonds. The van der Waals surface area contributed by atoms with Gasteiger partial charge in [0.05, 0.1) is 11.1 Å². The Hall–Kier alpha value is -2.21. The van der Waals surface area contributed by atoms with Crippen LogP contribution in [0.4, 0.5) is 0 Å². The highest BCUT2D eigenvalue weighted by Gasteiger charge is 2.44. The number of fused-ring (bicyclic) bond motifs is 1. The van der Waals surface area contributed by atoms with E-state index in [4.69, 9.17) is 4.84 Å². The molecule has 1 fully saturated rings. The van der Waals surface area contributed by atoms with Crippen molar-refractivity contribution >= 4 is 17.7 Å². The molecule has 6 nitrogen and oxygen atoms in total. The third-order valence-electron chi connectivity index (χ3n) is 4.20. The van der Waals surface area contributed by atoms with Crippen molar-refractivity contribution in [3.05, 3.63) is 35.4 Å². The Morgan fingerprint density at radius 3 is 2.22 bits per heavy atom. The number of amides is 3. The summed E-state index contributed by atoms with van der Waals surface area (Å²) in [6, 6.07) is 6.60. The third-order valence-corrected chi connectivity index (χ3v) is 4.20. The molecule has 0 radical (unpaired) electrons. The van der Waals surface area contributed by atoms with Gasteiger partial charge in [-0.2, -0.15) is 0 Å². The predicted octanol–water partition coefficient (Wildman–Crippen LogP) is 1.86. The van der Waals surface area contributed by atoms with Crippen LogP contribution in [0.2, 0.25) is 0 Å². The van der Waals surface area contributed by atoms with Crippen LogP contribution in [0.25, 0.3) is 0 Å². The summed E-state index contributed by atoms with van der Waals surface area (Å²) in [5.74, 6) is -0.830. The lowest BCUT2D eigenvalue weighted by Gasteiger charge is -2.23. The fraction of sp³-hybridized carbons (Fsp3) is 0.471. The van der Waals surface area contributed by atoms with Crippen LogP contribution < -0.4 is 0 Å². The largest absolute Gasteiger partial charge is 0.337 e. The molecule has 23 heavy (non-hydrogen) atoms. The van der Waals surface area contributed by atoms with Crippen molar-refractivity contribution in [1.29, 1.82) is 0 Å². The number of hydrogen-bond donors (Lipinski definition) is 0. The second-order valence-electron chi connectivity index (χ2n) is 6.51. The van der Waals surface area contributed by atoms with Crippen molar-refractivity contribution in [2.75, 3.05) is 6.54 Å². The Morgan fingerprint density at radius 1 is 1.13 bits per heavy atom. The SMILES string of the molecule is CC(C)CN1C(=O)C(ON2C(=O)c3ccccc3C2=O)CC1C. The zero-order valence-corrected chi connectivity index (χ0v) is 13.5. The first-order chi connectivity index (χ1) is 10.9. The summed E-state index contributed by atoms with van der Waals surface area (Å²) >= 11 is 0. The summed E-state index contributed by atoms with van der Waals surface area (Å²) in [6.45, 7) is 6.67. The molecule has 2 atom stereocenters. The Morgan fingerprint density at radius 2 is 1.70 bits per heavy atom. The van der Waals surface area contributed by atoms with Gasteiger partial charge in [0.1, 0.15) is 0 Å². The summed E-state index contributed by atoms with van der Waals surface area (Å²) < 4.78 is 0. The van der Waals surface area contributed by atoms with Crippen LogP contribution in [0.1, 0.15) is 47.9 Å². The van der Waals surface area contributed by atoms with E-state index in [1.54, 1.807) is 29.2 Å². The number of hydrogen-bond acceptors (Lipinski definition) is 4. The second kappa shape index (κ2) is 5.77. The third kappa shape index (κ3) is 2.63. The fourth-order valence-electron chi connectivity index (χ4n) is 3.08. The Bertz CT molecular complexity index is 635. The molecule has 0 bridgehead atoms. The first kappa shape index (κ1) is 15.7. The van der Waals surface area contributed by atoms with Gasteiger partial charge in [0.25, 0.3) is 17.7 Å². The van der Waals surface area contributed by atoms with E-state index in [1.165, 1.54) is 0 Å². The summed E-state index contributed by atoms with van der Waals surface area (Å²) in [4.78, 5) is 44.3. The molecule has 1 saturated heterocycles. The monoisotopic (exact) mass is 316 g/mol. The molecule has 0 saturated carbocycles. The molecule has 122 valence electrons. The fourth-order valence-corrected chi connectivity index (χ4v) is 3.08. The van der Waals surface area contributed by atoms with Crippen LogP contribution in [0.5, 0.6) is 0 Å². The molecule has 0 spiro atoms. The molecular weight excluding hydrogens is 296 g/mol. The maximum absolute atomic E-state index is 12.5. The van der Waals surface area contributed by atoms with Gasteiger partial charge < -0.3 is 4.90 Å². The molecule has 2 aliphatic heterocycles. The Labute approximate surface area is 135 Å². The highest BCUT2D eigenvalue weighted by atomic mass is 16.7. The van der Waals surface area contributed by atoms with Gasteiger partial charge in [-0.1, -0.05) is 26.0 Å². The number of benzene rings is 1. The van der Waals surface area contributed by atoms with E-state index in [9.17, 15) is 14.4 Å². The van der Waals surface area contributed by atoms with E-state index in [-0.39, 0.29) is 11.9 Å². The van der Waals surface area contributed by atoms with Crippen molar-refractivity contribution in [1.82, 2.24) is 9.96 Å². The number of hydroxylamine groups is 2. The van der Waals surface area contributed by atoms with E-state index in [0.717, 1.165) is 5.06 Å². The zero-order chi connectivity index (χ0) is 16.7. The van der Waals surface area contributed by atoms with Crippen LogP contribution in [0.3, 0.4) is 0 Å². The van der Waals surface area contributed by atoms with Crippen molar-refractivity contribution in [3.8, 4) is 0 Å². The standard InChI is InChI=1S/C17H20N2O4/c1-10(2)9-18-11(3)8-14(17(18)22)23-19-15(20)12-6-4-5-7-13(12)16(19)21/h4-7,10-11,14H,8-9H2,1-3H3. The molecule has 1 aromatic rings. The molecule has 6 heteroatoms. The molecule has 0 N–H and O–H groups in total. The van der Waals surface area contributed by atoms with Gasteiger partial charge in [-0.05, 0) is 25.0 Å². The van der Waals surface area contributed by atoms with Crippen molar-refractivity contribution < 1.29 is 19.2 Å². The number of imide groups is 1. The lowest BCUT2D eigenvalue weighted by atomic mass is 10.1. The Balaban J connectivity index is 1.75. The minimum absolute atomic E-state index is 0.0325. The molecule has 0 aliphatic carbocycles. The molecule has 3 rings (SSSR count). The summed E-state index contributed by atoms with van der Waals surface area (Å²) in [5, 5.41) is 0.735. The smallest absolute Gasteiger partial charge is 0.285 e. The quantitative estimate of drug-likeness (QED) is 0.795. The molecule has 2 heterocycles. The lowest BCUT2D eigenvalue weighted by molar-refractivity contribution is -0.160. The highest BCUT2D eigenvalue weighted by molar-refractivity contribution is 6.20. The maximum atomic E-state index is 12.5. The van der Waals surface area contributed by atoms with Gasteiger partial charge in [0.15, 0.2) is 6.10 Å². The van der Waals surface area contributed by atoms with Crippen molar-refractivity contribution in [2.24, 2.45) is 5.92 Å². The summed E-state index contributed by atoms with van der Waals surface area (Å²) in [7, 11) is 0. The van der Waals surface area contributed by atoms with E-state index >= 15 is 0 Å². The first-order valence-corrected chi connectivity index (χ1v) is 7.85. The van der Waals surface area contributed by atoms with Crippen LogP contribution in [-0.4, -0.2) is 46.4 Å². The van der Waals surface area contributed by atoms with Crippen molar-refractivity contribution in [3.63, 3.8) is 0 Å². The van der Waals surface area contributed by atoms with Gasteiger partial charge >= 0.3 is 0 Å². The highest BCUT2D eigenvalue weighted by Crippen LogP contribution is 2.28. The predicted molar refractivity (Wildman–Crippen MR) is 82.4 cm³/mol. The van der Waals surface area contributed by atoms with Gasteiger partial charge in [-0.25, -0.2) is 4.84 Å². The van der Waals surface area contributed by atoms with Crippen LogP contribution >= 0.6 is 0 Å². The minimum atomic E-state index is -0.786. The van der Waals surface area contributed by atoms with Gasteiger partial charge in [0, 0.05) is 19.0 Å². The van der Waals surface area contributed by atoms with Crippen molar-refractivity contribution in [2.45, 2.75) is 39.3 Å². The number of rotatable bonds is 4. The molecule has 2 unspecified atom stereocenters. The van der Waals surface area contributed by atoms with Crippen LogP contribution in [0, 0.1) is 5.92 Å². The van der Waals surface area contributed by atoms with E-state index < -0.39 is 17.9 Å². The van der Waals surface area contributed by atoms with E-state index in [0.29, 0.717) is 30.0 Å². The lowest BCUT2D eigenvalue weighted by Crippen LogP contribution is -2.40. The number of carbonyl (C=O) groups excluding carboxylic acids is 3. The molecule has 1 aromatic carbocycles. The normalized spacial score (nSPS) is 24.1. The molecular formula is C17H20N2O4. The average Bonchev–Trinajstić information content (AvgIpc) is 2.91. The number of nitrogens with zero attached hydrogens (tertiary/aromatic N) is 2. The first-order valence-electron chi connectivity index (χ1n) is 7.85. The van der Waals surface area contributed by atoms with Crippen LogP contribution in [-0.2, 0) is 9.63 Å². The van der Waals surface area contributed by atoms with E-state index in [2.05, 4.69) is 0 Å². The van der Waals surface area contributed by atoms with Gasteiger partial charge in [0.2, 0.25) is 0 Å². The molecule has 0 aromatic heterocycles. The maximum Gasteiger partial charge on any atom is 0.285 e. The summed E-state index contributed by atoms with van der Waals surface area (Å²) in [5.41, 5.74) is 0.630. The molecule has 2 aliphatic rings. The van der Waals surface area contributed by atoms with Gasteiger partial charge in [-0.15, -0.1) is 5.06 Å². The topological polar surface area (TPSA) is 66.9 Å². The average molecular weight is 316 g/mol. The second-order valence-corrected chi connectivity index (χ2v) is 6.51. The van der Waals surface area contributed by atoms with Gasteiger partial charge in [-0.3, -0.25) is 14.4 Å². The number of carbonyl (C=O) groups is 3. The minimum Gasteiger partial charge on any atom is -0.337 e. The Kier molecular flexibility index (Phi) is 3.93.